The molecule has 2 atom stereocenters. The van der Waals surface area contributed by atoms with Gasteiger partial charge in [0.1, 0.15) is 0 Å². The van der Waals surface area contributed by atoms with Crippen LogP contribution in [0.4, 0.5) is 0 Å². The number of aromatic nitrogens is 2. The van der Waals surface area contributed by atoms with Gasteiger partial charge in [-0.1, -0.05) is 74.5 Å². The van der Waals surface area contributed by atoms with Crippen molar-refractivity contribution < 1.29 is 14.4 Å². The van der Waals surface area contributed by atoms with Gasteiger partial charge in [-0.25, -0.2) is 0 Å². The van der Waals surface area contributed by atoms with E-state index < -0.39 is 0 Å². The Morgan fingerprint density at radius 1 is 0.795 bits per heavy atom. The first-order chi connectivity index (χ1) is 21.2. The lowest BCUT2D eigenvalue weighted by Crippen LogP contribution is -2.64. The minimum Gasteiger partial charge on any atom is -0.342 e. The van der Waals surface area contributed by atoms with Gasteiger partial charge in [0.2, 0.25) is 11.8 Å². The van der Waals surface area contributed by atoms with E-state index in [4.69, 9.17) is 0 Å². The minimum absolute atomic E-state index is 0.0662. The molecule has 8 heteroatoms. The zero-order valence-electron chi connectivity index (χ0n) is 25.9. The third-order valence-electron chi connectivity index (χ3n) is 10.7. The summed E-state index contributed by atoms with van der Waals surface area (Å²) in [7, 11) is 0. The van der Waals surface area contributed by atoms with E-state index in [0.29, 0.717) is 44.2 Å². The smallest absolute Gasteiger partial charge is 0.257 e. The number of rotatable bonds is 7. The molecule has 44 heavy (non-hydrogen) atoms. The molecule has 2 aromatic carbocycles. The van der Waals surface area contributed by atoms with Crippen LogP contribution in [0, 0.1) is 28.6 Å². The van der Waals surface area contributed by atoms with Crippen LogP contribution in [0.25, 0.3) is 0 Å². The first-order valence-electron chi connectivity index (χ1n) is 16.2. The van der Waals surface area contributed by atoms with Crippen molar-refractivity contribution in [3.05, 3.63) is 89.7 Å². The molecule has 3 aliphatic heterocycles. The second-order valence-electron chi connectivity index (χ2n) is 14.4. The fourth-order valence-corrected chi connectivity index (χ4v) is 7.80. The van der Waals surface area contributed by atoms with Gasteiger partial charge in [0, 0.05) is 56.8 Å². The highest BCUT2D eigenvalue weighted by molar-refractivity contribution is 5.95. The molecule has 7 rings (SSSR count). The topological polar surface area (TPSA) is 78.8 Å². The van der Waals surface area contributed by atoms with Crippen molar-refractivity contribution in [3.8, 4) is 0 Å². The first-order valence-corrected chi connectivity index (χ1v) is 16.2. The maximum absolute atomic E-state index is 14.2. The molecule has 3 aromatic rings. The highest BCUT2D eigenvalue weighted by Crippen LogP contribution is 2.55. The van der Waals surface area contributed by atoms with Crippen molar-refractivity contribution in [2.24, 2.45) is 28.6 Å². The quantitative estimate of drug-likeness (QED) is 0.408. The maximum Gasteiger partial charge on any atom is 0.257 e. The monoisotopic (exact) mass is 593 g/mol. The lowest BCUT2D eigenvalue weighted by Gasteiger charge is -2.51. The molecule has 230 valence electrons. The van der Waals surface area contributed by atoms with Crippen molar-refractivity contribution >= 4 is 17.7 Å². The third-order valence-corrected chi connectivity index (χ3v) is 10.7. The molecule has 0 bridgehead atoms. The molecule has 1 saturated carbocycles. The number of benzene rings is 2. The summed E-state index contributed by atoms with van der Waals surface area (Å²) in [4.78, 5) is 47.0. The molecule has 0 radical (unpaired) electrons. The normalized spacial score (nSPS) is 23.9. The average molecular weight is 594 g/mol. The number of likely N-dealkylation sites (tertiary alicyclic amines) is 3. The van der Waals surface area contributed by atoms with Crippen LogP contribution < -0.4 is 0 Å². The van der Waals surface area contributed by atoms with E-state index in [1.165, 1.54) is 5.56 Å². The Morgan fingerprint density at radius 2 is 1.39 bits per heavy atom. The minimum atomic E-state index is -0.387. The predicted octanol–water partition coefficient (Wildman–Crippen LogP) is 4.36. The summed E-state index contributed by atoms with van der Waals surface area (Å²) in [6.07, 6.45) is 7.39. The number of hydrogen-bond donors (Lipinski definition) is 0. The van der Waals surface area contributed by atoms with Crippen LogP contribution >= 0.6 is 0 Å². The van der Waals surface area contributed by atoms with Crippen LogP contribution in [-0.2, 0) is 22.6 Å². The number of amides is 3. The van der Waals surface area contributed by atoms with Crippen LogP contribution in [0.2, 0.25) is 0 Å². The van der Waals surface area contributed by atoms with E-state index in [-0.39, 0.29) is 40.4 Å². The third kappa shape index (κ3) is 5.55. The van der Waals surface area contributed by atoms with Gasteiger partial charge in [-0.15, -0.1) is 0 Å². The molecule has 1 spiro atoms. The highest BCUT2D eigenvalue weighted by atomic mass is 16.2. The average Bonchev–Trinajstić information content (AvgIpc) is 3.32. The molecule has 4 fully saturated rings. The lowest BCUT2D eigenvalue weighted by atomic mass is 9.70. The predicted molar refractivity (Wildman–Crippen MR) is 168 cm³/mol. The standard InChI is InChI=1S/C36H43N5O3/c1-35(2)18-30(35)33(43)40-24-36(25-40)23-39(32(42)29-19-37-41(21-29)20-28-11-7-4-8-12-28)22-31(36)34(44)38-15-13-27(14-16-38)17-26-9-5-3-6-10-26/h3-12,19,21,27,30-31H,13-18,20,22-25H2,1-2H3/t30-,31-/m1/s1. The van der Waals surface area contributed by atoms with Gasteiger partial charge in [0.25, 0.3) is 5.91 Å². The Hall–Kier alpha value is -3.94. The second-order valence-corrected chi connectivity index (χ2v) is 14.4. The maximum atomic E-state index is 14.2. The number of carbonyl (C=O) groups excluding carboxylic acids is 3. The molecule has 0 unspecified atom stereocenters. The molecular formula is C36H43N5O3. The van der Waals surface area contributed by atoms with Gasteiger partial charge >= 0.3 is 0 Å². The van der Waals surface area contributed by atoms with Gasteiger partial charge in [-0.2, -0.15) is 5.10 Å². The van der Waals surface area contributed by atoms with Crippen LogP contribution in [0.5, 0.6) is 0 Å². The van der Waals surface area contributed by atoms with E-state index in [1.807, 2.05) is 51.1 Å². The Balaban J connectivity index is 1.04. The fraction of sp³-hybridized carbons (Fsp3) is 0.500. The van der Waals surface area contributed by atoms with E-state index in [9.17, 15) is 14.4 Å². The first kappa shape index (κ1) is 28.8. The Bertz CT molecular complexity index is 1520. The summed E-state index contributed by atoms with van der Waals surface area (Å²) in [5.74, 6) is 0.620. The molecule has 8 nitrogen and oxygen atoms in total. The Labute approximate surface area is 260 Å². The zero-order valence-corrected chi connectivity index (χ0v) is 25.9. The summed E-state index contributed by atoms with van der Waals surface area (Å²) in [5, 5.41) is 4.46. The second kappa shape index (κ2) is 11.2. The van der Waals surface area contributed by atoms with E-state index in [0.717, 1.165) is 44.3 Å². The van der Waals surface area contributed by atoms with Crippen LogP contribution in [-0.4, -0.2) is 81.5 Å². The molecule has 3 amide bonds. The number of piperidine rings is 1. The van der Waals surface area contributed by atoms with E-state index in [1.54, 1.807) is 17.1 Å². The van der Waals surface area contributed by atoms with Gasteiger partial charge in [-0.05, 0) is 48.1 Å². The van der Waals surface area contributed by atoms with Crippen molar-refractivity contribution in [1.29, 1.82) is 0 Å². The molecule has 0 N–H and O–H groups in total. The Morgan fingerprint density at radius 3 is 2.02 bits per heavy atom. The number of nitrogens with zero attached hydrogens (tertiary/aromatic N) is 5. The van der Waals surface area contributed by atoms with Crippen molar-refractivity contribution in [2.45, 2.75) is 46.1 Å². The van der Waals surface area contributed by atoms with E-state index in [2.05, 4.69) is 43.2 Å². The molecule has 1 aliphatic carbocycles. The zero-order chi connectivity index (χ0) is 30.5. The highest BCUT2D eigenvalue weighted by Gasteiger charge is 2.62. The van der Waals surface area contributed by atoms with Crippen LogP contribution in [0.15, 0.2) is 73.1 Å². The molecule has 1 aromatic heterocycles. The van der Waals surface area contributed by atoms with Gasteiger partial charge in [-0.3, -0.25) is 19.1 Å². The number of hydrogen-bond acceptors (Lipinski definition) is 4. The summed E-state index contributed by atoms with van der Waals surface area (Å²) in [5.41, 5.74) is 2.69. The van der Waals surface area contributed by atoms with Crippen LogP contribution in [0.1, 0.15) is 54.6 Å². The van der Waals surface area contributed by atoms with Gasteiger partial charge in [0.15, 0.2) is 0 Å². The summed E-state index contributed by atoms with van der Waals surface area (Å²) in [6.45, 7) is 8.38. The summed E-state index contributed by atoms with van der Waals surface area (Å²) < 4.78 is 1.79. The molecule has 4 aliphatic rings. The van der Waals surface area contributed by atoms with Gasteiger partial charge in [0.05, 0.1) is 24.2 Å². The summed E-state index contributed by atoms with van der Waals surface area (Å²) >= 11 is 0. The Kier molecular flexibility index (Phi) is 7.34. The SMILES string of the molecule is CC1(C)C[C@@H]1C(=O)N1CC2(CN(C(=O)c3cnn(Cc4ccccc4)c3)C[C@@H]2C(=O)N2CCC(Cc3ccccc3)CC2)C1. The summed E-state index contributed by atoms with van der Waals surface area (Å²) in [6, 6.07) is 20.7. The van der Waals surface area contributed by atoms with Crippen molar-refractivity contribution in [1.82, 2.24) is 24.5 Å². The fourth-order valence-electron chi connectivity index (χ4n) is 7.80. The molecule has 4 heterocycles. The largest absolute Gasteiger partial charge is 0.342 e. The van der Waals surface area contributed by atoms with Crippen molar-refractivity contribution in [3.63, 3.8) is 0 Å². The lowest BCUT2D eigenvalue weighted by molar-refractivity contribution is -0.155. The van der Waals surface area contributed by atoms with Crippen LogP contribution in [0.3, 0.4) is 0 Å². The van der Waals surface area contributed by atoms with E-state index >= 15 is 0 Å². The van der Waals surface area contributed by atoms with Crippen molar-refractivity contribution in [2.75, 3.05) is 39.3 Å². The number of carbonyl (C=O) groups is 3. The molecule has 3 saturated heterocycles. The van der Waals surface area contributed by atoms with Gasteiger partial charge < -0.3 is 14.7 Å². The molecular weight excluding hydrogens is 550 g/mol.